The maximum absolute atomic E-state index is 12.2. The Balaban J connectivity index is 1.56. The second kappa shape index (κ2) is 6.21. The van der Waals surface area contributed by atoms with Crippen molar-refractivity contribution in [3.05, 3.63) is 59.7 Å². The molecule has 2 aromatic carbocycles. The second-order valence-corrected chi connectivity index (χ2v) is 9.19. The van der Waals surface area contributed by atoms with Crippen LogP contribution in [0, 0.1) is 6.92 Å². The van der Waals surface area contributed by atoms with Gasteiger partial charge in [0.1, 0.15) is 0 Å². The highest BCUT2D eigenvalue weighted by atomic mass is 32.2. The normalized spacial score (nSPS) is 23.5. The number of fused-ring (bicyclic) bond motifs is 1. The summed E-state index contributed by atoms with van der Waals surface area (Å²) in [6, 6.07) is 16.6. The summed E-state index contributed by atoms with van der Waals surface area (Å²) in [5, 5.41) is 0. The number of sulfonamides is 1. The molecule has 0 radical (unpaired) electrons. The van der Waals surface area contributed by atoms with E-state index in [0.717, 1.165) is 5.56 Å². The highest BCUT2D eigenvalue weighted by molar-refractivity contribution is 7.88. The van der Waals surface area contributed by atoms with Crippen LogP contribution in [-0.4, -0.2) is 55.5 Å². The Labute approximate surface area is 154 Å². The van der Waals surface area contributed by atoms with Gasteiger partial charge < -0.3 is 4.90 Å². The number of carbonyl (C=O) groups is 1. The predicted octanol–water partition coefficient (Wildman–Crippen LogP) is 2.23. The molecule has 5 nitrogen and oxygen atoms in total. The smallest absolute Gasteiger partial charge is 0.238 e. The van der Waals surface area contributed by atoms with E-state index in [4.69, 9.17) is 0 Å². The number of amides is 1. The molecular weight excluding hydrogens is 348 g/mol. The molecule has 26 heavy (non-hydrogen) atoms. The summed E-state index contributed by atoms with van der Waals surface area (Å²) in [5.74, 6) is 0.0916. The second-order valence-electron chi connectivity index (χ2n) is 7.21. The number of aryl methyl sites for hydroxylation is 1. The zero-order chi connectivity index (χ0) is 18.5. The molecule has 0 aliphatic carbocycles. The highest BCUT2D eigenvalue weighted by Gasteiger charge is 2.48. The zero-order valence-electron chi connectivity index (χ0n) is 14.9. The van der Waals surface area contributed by atoms with Crippen molar-refractivity contribution in [1.82, 2.24) is 9.21 Å². The fourth-order valence-electron chi connectivity index (χ4n) is 3.96. The number of rotatable bonds is 3. The molecule has 2 atom stereocenters. The van der Waals surface area contributed by atoms with E-state index >= 15 is 0 Å². The van der Waals surface area contributed by atoms with Crippen LogP contribution >= 0.6 is 0 Å². The van der Waals surface area contributed by atoms with Gasteiger partial charge in [0.2, 0.25) is 15.9 Å². The van der Waals surface area contributed by atoms with Crippen LogP contribution in [0.15, 0.2) is 48.5 Å². The molecule has 1 amide bonds. The maximum Gasteiger partial charge on any atom is 0.238 e. The summed E-state index contributed by atoms with van der Waals surface area (Å²) in [7, 11) is -3.35. The minimum atomic E-state index is -3.35. The van der Waals surface area contributed by atoms with Gasteiger partial charge in [-0.3, -0.25) is 4.79 Å². The minimum absolute atomic E-state index is 0.0335. The fourth-order valence-corrected chi connectivity index (χ4v) is 4.73. The highest BCUT2D eigenvalue weighted by Crippen LogP contribution is 2.38. The van der Waals surface area contributed by atoms with Crippen LogP contribution in [-0.2, 0) is 14.8 Å². The van der Waals surface area contributed by atoms with E-state index in [0.29, 0.717) is 13.1 Å². The maximum atomic E-state index is 12.2. The molecule has 0 unspecified atom stereocenters. The van der Waals surface area contributed by atoms with Crippen molar-refractivity contribution < 1.29 is 13.2 Å². The molecule has 0 saturated carbocycles. The summed E-state index contributed by atoms with van der Waals surface area (Å²) >= 11 is 0. The molecular formula is C20H22N2O3S. The van der Waals surface area contributed by atoms with Crippen LogP contribution in [0.25, 0.3) is 11.1 Å². The van der Waals surface area contributed by atoms with Crippen molar-refractivity contribution in [3.63, 3.8) is 0 Å². The van der Waals surface area contributed by atoms with Gasteiger partial charge in [0.25, 0.3) is 0 Å². The van der Waals surface area contributed by atoms with Crippen LogP contribution in [0.5, 0.6) is 0 Å². The molecule has 4 rings (SSSR count). The molecule has 0 spiro atoms. The van der Waals surface area contributed by atoms with Gasteiger partial charge in [0.15, 0.2) is 0 Å². The fraction of sp³-hybridized carbons (Fsp3) is 0.350. The largest absolute Gasteiger partial charge is 0.336 e. The van der Waals surface area contributed by atoms with E-state index in [2.05, 4.69) is 43.3 Å². The molecule has 0 aromatic heterocycles. The average Bonchev–Trinajstić information content (AvgIpc) is 2.57. The van der Waals surface area contributed by atoms with E-state index in [-0.39, 0.29) is 24.4 Å². The number of piperazine rings is 1. The quantitative estimate of drug-likeness (QED) is 0.833. The van der Waals surface area contributed by atoms with E-state index < -0.39 is 10.0 Å². The Morgan fingerprint density at radius 3 is 2.35 bits per heavy atom. The van der Waals surface area contributed by atoms with Crippen LogP contribution in [0.1, 0.15) is 17.0 Å². The standard InChI is InChI=1S/C20H22N2O3S/c1-14-5-3-4-6-17(14)15-7-9-16(10-8-15)18-11-22-19(18)12-21(13-20(22)23)26(2,24)25/h3-10,18-19H,11-13H2,1-2H3/t18-,19-/m0/s1. The minimum Gasteiger partial charge on any atom is -0.336 e. The lowest BCUT2D eigenvalue weighted by Gasteiger charge is -2.53. The summed E-state index contributed by atoms with van der Waals surface area (Å²) in [5.41, 5.74) is 4.77. The number of carbonyl (C=O) groups excluding carboxylic acids is 1. The average molecular weight is 370 g/mol. The SMILES string of the molecule is Cc1ccccc1-c1ccc([C@@H]2CN3C(=O)CN(S(C)(=O)=O)C[C@@H]23)cc1. The van der Waals surface area contributed by atoms with Gasteiger partial charge in [0.05, 0.1) is 18.8 Å². The monoisotopic (exact) mass is 370 g/mol. The van der Waals surface area contributed by atoms with Crippen molar-refractivity contribution in [1.29, 1.82) is 0 Å². The zero-order valence-corrected chi connectivity index (χ0v) is 15.7. The summed E-state index contributed by atoms with van der Waals surface area (Å²) in [6.45, 7) is 3.12. The third-order valence-electron chi connectivity index (χ3n) is 5.54. The van der Waals surface area contributed by atoms with Crippen LogP contribution in [0.4, 0.5) is 0 Å². The first-order valence-electron chi connectivity index (χ1n) is 8.75. The first-order valence-corrected chi connectivity index (χ1v) is 10.6. The van der Waals surface area contributed by atoms with Gasteiger partial charge >= 0.3 is 0 Å². The lowest BCUT2D eigenvalue weighted by atomic mass is 9.80. The summed E-state index contributed by atoms with van der Waals surface area (Å²) in [4.78, 5) is 14.0. The molecule has 0 N–H and O–H groups in total. The summed E-state index contributed by atoms with van der Waals surface area (Å²) < 4.78 is 25.0. The molecule has 2 aliphatic rings. The Bertz CT molecular complexity index is 953. The van der Waals surface area contributed by atoms with Gasteiger partial charge in [-0.1, -0.05) is 48.5 Å². The first-order chi connectivity index (χ1) is 12.3. The molecule has 2 heterocycles. The number of hydrogen-bond acceptors (Lipinski definition) is 3. The topological polar surface area (TPSA) is 57.7 Å². The van der Waals surface area contributed by atoms with Gasteiger partial charge in [-0.15, -0.1) is 0 Å². The Kier molecular flexibility index (Phi) is 4.12. The molecule has 2 fully saturated rings. The molecule has 2 saturated heterocycles. The van der Waals surface area contributed by atoms with E-state index in [9.17, 15) is 13.2 Å². The number of hydrogen-bond donors (Lipinski definition) is 0. The molecule has 6 heteroatoms. The van der Waals surface area contributed by atoms with Crippen molar-refractivity contribution in [2.45, 2.75) is 18.9 Å². The van der Waals surface area contributed by atoms with Gasteiger partial charge in [-0.25, -0.2) is 8.42 Å². The van der Waals surface area contributed by atoms with E-state index in [1.807, 2.05) is 17.0 Å². The van der Waals surface area contributed by atoms with Gasteiger partial charge in [-0.2, -0.15) is 4.31 Å². The predicted molar refractivity (Wildman–Crippen MR) is 101 cm³/mol. The summed E-state index contributed by atoms with van der Waals surface area (Å²) in [6.07, 6.45) is 1.17. The third-order valence-corrected chi connectivity index (χ3v) is 6.76. The molecule has 136 valence electrons. The van der Waals surface area contributed by atoms with Gasteiger partial charge in [-0.05, 0) is 29.2 Å². The Morgan fingerprint density at radius 1 is 1.00 bits per heavy atom. The third kappa shape index (κ3) is 2.93. The molecule has 2 aromatic rings. The van der Waals surface area contributed by atoms with Crippen LogP contribution < -0.4 is 0 Å². The first kappa shape index (κ1) is 17.2. The lowest BCUT2D eigenvalue weighted by Crippen LogP contribution is -2.67. The molecule has 2 aliphatic heterocycles. The van der Waals surface area contributed by atoms with Crippen LogP contribution in [0.2, 0.25) is 0 Å². The van der Waals surface area contributed by atoms with Crippen molar-refractivity contribution in [3.8, 4) is 11.1 Å². The lowest BCUT2D eigenvalue weighted by molar-refractivity contribution is -0.146. The van der Waals surface area contributed by atoms with Crippen molar-refractivity contribution in [2.75, 3.05) is 25.9 Å². The van der Waals surface area contributed by atoms with Gasteiger partial charge in [0, 0.05) is 19.0 Å². The Hall–Kier alpha value is -2.18. The van der Waals surface area contributed by atoms with Crippen LogP contribution in [0.3, 0.4) is 0 Å². The number of benzene rings is 2. The Morgan fingerprint density at radius 2 is 1.69 bits per heavy atom. The van der Waals surface area contributed by atoms with Crippen molar-refractivity contribution >= 4 is 15.9 Å². The van der Waals surface area contributed by atoms with Crippen molar-refractivity contribution in [2.24, 2.45) is 0 Å². The molecule has 0 bridgehead atoms. The number of nitrogens with zero attached hydrogens (tertiary/aromatic N) is 2. The van der Waals surface area contributed by atoms with E-state index in [1.54, 1.807) is 0 Å². The van der Waals surface area contributed by atoms with E-state index in [1.165, 1.54) is 27.3 Å².